The van der Waals surface area contributed by atoms with Gasteiger partial charge in [-0.05, 0) is 73.6 Å². The lowest BCUT2D eigenvalue weighted by Gasteiger charge is -2.04. The van der Waals surface area contributed by atoms with E-state index < -0.39 is 0 Å². The van der Waals surface area contributed by atoms with Gasteiger partial charge in [-0.15, -0.1) is 56.7 Å². The third-order valence-electron chi connectivity index (χ3n) is 7.96. The van der Waals surface area contributed by atoms with Crippen LogP contribution >= 0.6 is 56.7 Å². The lowest BCUT2D eigenvalue weighted by molar-refractivity contribution is 0.112. The highest BCUT2D eigenvalue weighted by Crippen LogP contribution is 2.50. The van der Waals surface area contributed by atoms with E-state index in [0.29, 0.717) is 0 Å². The summed E-state index contributed by atoms with van der Waals surface area (Å²) in [5, 5.41) is 0. The van der Waals surface area contributed by atoms with Crippen molar-refractivity contribution in [1.29, 1.82) is 0 Å². The van der Waals surface area contributed by atoms with Crippen molar-refractivity contribution < 1.29 is 4.79 Å². The first-order valence-electron chi connectivity index (χ1n) is 15.3. The van der Waals surface area contributed by atoms with Gasteiger partial charge in [-0.2, -0.15) is 0 Å². The Bertz CT molecular complexity index is 1790. The number of unbranched alkanes of at least 4 members (excludes halogenated alkanes) is 6. The molecule has 0 atom stereocenters. The van der Waals surface area contributed by atoms with Gasteiger partial charge >= 0.3 is 0 Å². The van der Waals surface area contributed by atoms with Crippen molar-refractivity contribution in [2.75, 3.05) is 0 Å². The molecule has 0 unspecified atom stereocenters. The third-order valence-corrected chi connectivity index (χ3v) is 14.4. The zero-order valence-corrected chi connectivity index (χ0v) is 28.8. The van der Waals surface area contributed by atoms with Crippen LogP contribution in [0.1, 0.15) is 91.6 Å². The molecule has 0 bridgehead atoms. The van der Waals surface area contributed by atoms with E-state index in [-0.39, 0.29) is 0 Å². The van der Waals surface area contributed by atoms with Gasteiger partial charge in [-0.3, -0.25) is 4.79 Å². The van der Waals surface area contributed by atoms with E-state index in [1.807, 2.05) is 51.4 Å². The first kappa shape index (κ1) is 30.0. The van der Waals surface area contributed by atoms with Crippen LogP contribution in [0.5, 0.6) is 0 Å². The summed E-state index contributed by atoms with van der Waals surface area (Å²) in [6.07, 6.45) is 13.6. The predicted octanol–water partition coefficient (Wildman–Crippen LogP) is 13.7. The maximum Gasteiger partial charge on any atom is 0.160 e. The molecule has 0 saturated heterocycles. The van der Waals surface area contributed by atoms with Crippen LogP contribution in [0.4, 0.5) is 0 Å². The van der Waals surface area contributed by atoms with E-state index in [4.69, 9.17) is 0 Å². The van der Waals surface area contributed by atoms with Gasteiger partial charge in [-0.1, -0.05) is 82.2 Å². The first-order valence-corrected chi connectivity index (χ1v) is 19.4. The molecule has 6 heteroatoms. The molecule has 5 aromatic heterocycles. The smallest absolute Gasteiger partial charge is 0.160 e. The number of aryl methyl sites for hydroxylation is 3. The summed E-state index contributed by atoms with van der Waals surface area (Å²) in [7, 11) is 0. The zero-order chi connectivity index (χ0) is 29.1. The maximum atomic E-state index is 11.4. The monoisotopic (exact) mass is 646 g/mol. The van der Waals surface area contributed by atoms with Crippen LogP contribution in [-0.2, 0) is 12.8 Å². The van der Waals surface area contributed by atoms with Gasteiger partial charge in [0.15, 0.2) is 6.29 Å². The summed E-state index contributed by atoms with van der Waals surface area (Å²) in [5.74, 6) is 0. The van der Waals surface area contributed by atoms with E-state index in [9.17, 15) is 4.79 Å². The third kappa shape index (κ3) is 6.39. The summed E-state index contributed by atoms with van der Waals surface area (Å²) in [6.45, 7) is 6.76. The molecule has 0 fully saturated rings. The molecule has 5 heterocycles. The van der Waals surface area contributed by atoms with E-state index in [0.717, 1.165) is 24.0 Å². The maximum absolute atomic E-state index is 11.4. The number of carbonyl (C=O) groups is 1. The normalized spacial score (nSPS) is 11.8. The van der Waals surface area contributed by atoms with Crippen LogP contribution in [0.3, 0.4) is 0 Å². The topological polar surface area (TPSA) is 17.1 Å². The van der Waals surface area contributed by atoms with Crippen LogP contribution in [0.15, 0.2) is 48.5 Å². The number of benzene rings is 1. The molecule has 0 saturated carbocycles. The number of aldehydes is 1. The molecule has 218 valence electrons. The molecule has 0 amide bonds. The van der Waals surface area contributed by atoms with Crippen molar-refractivity contribution in [3.63, 3.8) is 0 Å². The Labute approximate surface area is 269 Å². The minimum atomic E-state index is 0.827. The average Bonchev–Trinajstić information content (AvgIpc) is 3.80. The molecule has 0 spiro atoms. The zero-order valence-electron chi connectivity index (χ0n) is 24.7. The fourth-order valence-corrected chi connectivity index (χ4v) is 12.1. The van der Waals surface area contributed by atoms with Gasteiger partial charge < -0.3 is 0 Å². The molecule has 1 nitrogen and oxygen atoms in total. The molecule has 42 heavy (non-hydrogen) atoms. The Morgan fingerprint density at radius 2 is 1.19 bits per heavy atom. The van der Waals surface area contributed by atoms with E-state index in [1.165, 1.54) is 117 Å². The molecular weight excluding hydrogens is 609 g/mol. The van der Waals surface area contributed by atoms with Gasteiger partial charge in [-0.25, -0.2) is 0 Å². The number of hydrogen-bond donors (Lipinski definition) is 0. The van der Waals surface area contributed by atoms with Crippen LogP contribution in [-0.4, -0.2) is 6.29 Å². The standard InChI is InChI=1S/C36H38OS5/c1-4-6-8-10-12-25-19-30(42-33(25)24-16-14-23(3)15-17-24)34-26(13-11-9-7-5-2)18-28(40-34)29-21-32-36(41-29)35-31(39-32)20-27(22-37)38-35/h14-22H,4-13H2,1-3H3. The molecular formula is C36H38OS5. The summed E-state index contributed by atoms with van der Waals surface area (Å²) in [4.78, 5) is 19.3. The number of rotatable bonds is 14. The molecule has 6 aromatic rings. The summed E-state index contributed by atoms with van der Waals surface area (Å²) >= 11 is 9.34. The van der Waals surface area contributed by atoms with Crippen molar-refractivity contribution in [3.05, 3.63) is 70.1 Å². The summed E-state index contributed by atoms with van der Waals surface area (Å²) in [6, 6.07) is 18.6. The fourth-order valence-electron chi connectivity index (χ4n) is 5.64. The quantitative estimate of drug-likeness (QED) is 0.0850. The lowest BCUT2D eigenvalue weighted by Crippen LogP contribution is -1.87. The highest BCUT2D eigenvalue weighted by atomic mass is 32.1. The van der Waals surface area contributed by atoms with E-state index in [1.54, 1.807) is 11.3 Å². The predicted molar refractivity (Wildman–Crippen MR) is 193 cm³/mol. The molecule has 0 aliphatic carbocycles. The second kappa shape index (κ2) is 13.7. The SMILES string of the molecule is CCCCCCc1cc(-c2sc(-c3cc4sc5cc(C=O)sc5c4s3)cc2CCCCCC)sc1-c1ccc(C)cc1. The highest BCUT2D eigenvalue weighted by Gasteiger charge is 2.20. The Morgan fingerprint density at radius 3 is 1.88 bits per heavy atom. The van der Waals surface area contributed by atoms with Gasteiger partial charge in [0.05, 0.1) is 14.3 Å². The largest absolute Gasteiger partial charge is 0.297 e. The van der Waals surface area contributed by atoms with Gasteiger partial charge in [0, 0.05) is 33.8 Å². The van der Waals surface area contributed by atoms with Crippen LogP contribution in [0, 0.1) is 6.92 Å². The van der Waals surface area contributed by atoms with Gasteiger partial charge in [0.25, 0.3) is 0 Å². The average molecular weight is 647 g/mol. The Hall–Kier alpha value is -2.09. The molecule has 1 aromatic carbocycles. The summed E-state index contributed by atoms with van der Waals surface area (Å²) < 4.78 is 5.21. The number of hydrogen-bond acceptors (Lipinski definition) is 6. The Kier molecular flexibility index (Phi) is 9.77. The van der Waals surface area contributed by atoms with Crippen molar-refractivity contribution in [1.82, 2.24) is 0 Å². The number of carbonyl (C=O) groups excluding carboxylic acids is 1. The van der Waals surface area contributed by atoms with Crippen molar-refractivity contribution in [2.24, 2.45) is 0 Å². The molecule has 0 radical (unpaired) electrons. The van der Waals surface area contributed by atoms with E-state index in [2.05, 4.69) is 63.2 Å². The highest BCUT2D eigenvalue weighted by molar-refractivity contribution is 7.40. The van der Waals surface area contributed by atoms with Crippen LogP contribution in [0.2, 0.25) is 0 Å². The minimum Gasteiger partial charge on any atom is -0.297 e. The van der Waals surface area contributed by atoms with Crippen molar-refractivity contribution in [3.8, 4) is 29.9 Å². The van der Waals surface area contributed by atoms with Crippen LogP contribution < -0.4 is 0 Å². The lowest BCUT2D eigenvalue weighted by atomic mass is 10.0. The van der Waals surface area contributed by atoms with E-state index >= 15 is 0 Å². The molecule has 0 aliphatic heterocycles. The minimum absolute atomic E-state index is 0.827. The molecule has 6 rings (SSSR count). The van der Waals surface area contributed by atoms with Crippen molar-refractivity contribution in [2.45, 2.75) is 85.0 Å². The number of fused-ring (bicyclic) bond motifs is 3. The summed E-state index contributed by atoms with van der Waals surface area (Å²) in [5.41, 5.74) is 5.71. The van der Waals surface area contributed by atoms with Gasteiger partial charge in [0.1, 0.15) is 0 Å². The Balaban J connectivity index is 1.39. The van der Waals surface area contributed by atoms with Gasteiger partial charge in [0.2, 0.25) is 0 Å². The van der Waals surface area contributed by atoms with Crippen LogP contribution in [0.25, 0.3) is 48.7 Å². The molecule has 0 N–H and O–H groups in total. The first-order chi connectivity index (χ1) is 20.6. The number of thiophene rings is 5. The second-order valence-corrected chi connectivity index (χ2v) is 16.6. The fraction of sp³-hybridized carbons (Fsp3) is 0.361. The Morgan fingerprint density at radius 1 is 0.595 bits per heavy atom. The second-order valence-electron chi connectivity index (χ2n) is 11.3. The molecule has 0 aliphatic rings. The van der Waals surface area contributed by atoms with Crippen molar-refractivity contribution >= 4 is 81.8 Å².